The van der Waals surface area contributed by atoms with E-state index in [2.05, 4.69) is 27.1 Å². The number of rotatable bonds is 8. The highest BCUT2D eigenvalue weighted by molar-refractivity contribution is 6.03. The standard InChI is InChI=1S/C34H30N4O4/c1-24-30(34(40)42-21-7-11-26-10-6-18-35-22-26)29(17-12-25-8-4-3-5-9-25)31(33(39)41-2)32(37-24)27-13-15-28(16-14-27)38-20-19-36-23-38/h3-6,8-10,13-16,18-20,22-23,29,37H,12,17,21H2,1-2H3. The zero-order valence-electron chi connectivity index (χ0n) is 23.4. The monoisotopic (exact) mass is 558 g/mol. The number of methoxy groups -OCH3 is 1. The Bertz CT molecular complexity index is 1660. The number of pyridine rings is 1. The zero-order valence-corrected chi connectivity index (χ0v) is 23.4. The molecule has 0 amide bonds. The molecule has 1 aliphatic heterocycles. The lowest BCUT2D eigenvalue weighted by atomic mass is 9.80. The lowest BCUT2D eigenvalue weighted by Gasteiger charge is -2.31. The smallest absolute Gasteiger partial charge is 0.337 e. The third-order valence-corrected chi connectivity index (χ3v) is 7.00. The third kappa shape index (κ3) is 6.48. The molecule has 0 aliphatic carbocycles. The molecule has 0 saturated carbocycles. The average Bonchev–Trinajstić information content (AvgIpc) is 3.58. The molecule has 0 fully saturated rings. The first-order valence-electron chi connectivity index (χ1n) is 13.5. The molecule has 4 aromatic rings. The Labute approximate surface area is 244 Å². The SMILES string of the molecule is COC(=O)C1=C(c2ccc(-n3ccnc3)cc2)NC(C)=C(C(=O)OCC#Cc2cccnc2)C1CCc1ccccc1. The van der Waals surface area contributed by atoms with Crippen LogP contribution < -0.4 is 5.32 Å². The van der Waals surface area contributed by atoms with E-state index in [4.69, 9.17) is 9.47 Å². The summed E-state index contributed by atoms with van der Waals surface area (Å²) in [5.74, 6) is 4.20. The van der Waals surface area contributed by atoms with E-state index in [1.165, 1.54) is 7.11 Å². The van der Waals surface area contributed by atoms with Crippen molar-refractivity contribution in [2.75, 3.05) is 13.7 Å². The van der Waals surface area contributed by atoms with Gasteiger partial charge in [0.25, 0.3) is 0 Å². The minimum Gasteiger partial charge on any atom is -0.466 e. The predicted molar refractivity (Wildman–Crippen MR) is 159 cm³/mol. The van der Waals surface area contributed by atoms with Gasteiger partial charge in [-0.3, -0.25) is 4.98 Å². The maximum Gasteiger partial charge on any atom is 0.337 e. The lowest BCUT2D eigenvalue weighted by molar-refractivity contribution is -0.138. The third-order valence-electron chi connectivity index (χ3n) is 7.00. The Morgan fingerprint density at radius 2 is 1.76 bits per heavy atom. The van der Waals surface area contributed by atoms with E-state index in [9.17, 15) is 9.59 Å². The van der Waals surface area contributed by atoms with Crippen LogP contribution in [-0.4, -0.2) is 40.2 Å². The molecule has 1 unspecified atom stereocenters. The van der Waals surface area contributed by atoms with Crippen molar-refractivity contribution >= 4 is 17.6 Å². The van der Waals surface area contributed by atoms with E-state index in [0.29, 0.717) is 35.4 Å². The van der Waals surface area contributed by atoms with Gasteiger partial charge >= 0.3 is 11.9 Å². The van der Waals surface area contributed by atoms with Crippen molar-refractivity contribution in [2.24, 2.45) is 5.92 Å². The molecular weight excluding hydrogens is 528 g/mol. The van der Waals surface area contributed by atoms with Gasteiger partial charge in [-0.1, -0.05) is 54.3 Å². The number of ether oxygens (including phenoxy) is 2. The Morgan fingerprint density at radius 3 is 2.45 bits per heavy atom. The summed E-state index contributed by atoms with van der Waals surface area (Å²) in [4.78, 5) is 35.1. The highest BCUT2D eigenvalue weighted by Gasteiger charge is 2.38. The first kappa shape index (κ1) is 28.1. The Balaban J connectivity index is 1.48. The zero-order chi connectivity index (χ0) is 29.3. The molecule has 1 aliphatic rings. The summed E-state index contributed by atoms with van der Waals surface area (Å²) in [5, 5.41) is 3.32. The molecule has 42 heavy (non-hydrogen) atoms. The lowest BCUT2D eigenvalue weighted by Crippen LogP contribution is -2.34. The maximum absolute atomic E-state index is 13.5. The largest absolute Gasteiger partial charge is 0.466 e. The van der Waals surface area contributed by atoms with Gasteiger partial charge in [0.15, 0.2) is 6.61 Å². The van der Waals surface area contributed by atoms with Gasteiger partial charge in [0.05, 0.1) is 30.3 Å². The van der Waals surface area contributed by atoms with E-state index >= 15 is 0 Å². The fourth-order valence-corrected chi connectivity index (χ4v) is 4.99. The molecule has 5 rings (SSSR count). The molecule has 2 aromatic heterocycles. The number of dihydropyridines is 1. The number of nitrogens with zero attached hydrogens (tertiary/aromatic N) is 3. The van der Waals surface area contributed by atoms with Gasteiger partial charge in [-0.15, -0.1) is 0 Å². The molecule has 0 spiro atoms. The first-order valence-corrected chi connectivity index (χ1v) is 13.5. The minimum atomic E-state index is -0.569. The van der Waals surface area contributed by atoms with Gasteiger partial charge in [-0.2, -0.15) is 0 Å². The number of hydrogen-bond donors (Lipinski definition) is 1. The van der Waals surface area contributed by atoms with Crippen molar-refractivity contribution in [1.29, 1.82) is 0 Å². The van der Waals surface area contributed by atoms with E-state index in [-0.39, 0.29) is 6.61 Å². The van der Waals surface area contributed by atoms with Crippen molar-refractivity contribution < 1.29 is 19.1 Å². The number of benzene rings is 2. The van der Waals surface area contributed by atoms with Crippen molar-refractivity contribution in [3.8, 4) is 17.5 Å². The highest BCUT2D eigenvalue weighted by Crippen LogP contribution is 2.38. The highest BCUT2D eigenvalue weighted by atomic mass is 16.5. The van der Waals surface area contributed by atoms with Crippen LogP contribution >= 0.6 is 0 Å². The average molecular weight is 559 g/mol. The molecule has 0 saturated heterocycles. The number of aromatic nitrogens is 3. The summed E-state index contributed by atoms with van der Waals surface area (Å²) < 4.78 is 12.8. The predicted octanol–water partition coefficient (Wildman–Crippen LogP) is 4.87. The Morgan fingerprint density at radius 1 is 0.952 bits per heavy atom. The second-order valence-electron chi connectivity index (χ2n) is 9.66. The van der Waals surface area contributed by atoms with Crippen LogP contribution in [0.2, 0.25) is 0 Å². The van der Waals surface area contributed by atoms with Gasteiger partial charge in [-0.05, 0) is 55.2 Å². The molecule has 210 valence electrons. The topological polar surface area (TPSA) is 95.3 Å². The Kier molecular flexibility index (Phi) is 8.90. The molecule has 0 radical (unpaired) electrons. The molecule has 1 N–H and O–H groups in total. The summed E-state index contributed by atoms with van der Waals surface area (Å²) in [6, 6.07) is 21.3. The van der Waals surface area contributed by atoms with Crippen molar-refractivity contribution in [3.63, 3.8) is 0 Å². The Hall–Kier alpha value is -5.42. The van der Waals surface area contributed by atoms with Crippen molar-refractivity contribution in [1.82, 2.24) is 19.9 Å². The van der Waals surface area contributed by atoms with E-state index in [0.717, 1.165) is 22.4 Å². The number of carbonyl (C=O) groups excluding carboxylic acids is 2. The van der Waals surface area contributed by atoms with Gasteiger partial charge < -0.3 is 19.4 Å². The fourth-order valence-electron chi connectivity index (χ4n) is 4.99. The molecule has 1 atom stereocenters. The fraction of sp³-hybridized carbons (Fsp3) is 0.176. The second kappa shape index (κ2) is 13.3. The van der Waals surface area contributed by atoms with Crippen molar-refractivity contribution in [2.45, 2.75) is 19.8 Å². The second-order valence-corrected chi connectivity index (χ2v) is 9.66. The van der Waals surface area contributed by atoms with E-state index in [1.54, 1.807) is 31.0 Å². The van der Waals surface area contributed by atoms with Gasteiger partial charge in [0.1, 0.15) is 0 Å². The quantitative estimate of drug-likeness (QED) is 0.244. The van der Waals surface area contributed by atoms with Gasteiger partial charge in [-0.25, -0.2) is 14.6 Å². The summed E-state index contributed by atoms with van der Waals surface area (Å²) in [7, 11) is 1.35. The maximum atomic E-state index is 13.5. The summed E-state index contributed by atoms with van der Waals surface area (Å²) in [6.45, 7) is 1.72. The minimum absolute atomic E-state index is 0.101. The molecular formula is C34H30N4O4. The number of imidazole rings is 1. The van der Waals surface area contributed by atoms with Crippen LogP contribution in [-0.2, 0) is 25.5 Å². The molecule has 8 nitrogen and oxygen atoms in total. The number of carbonyl (C=O) groups is 2. The number of aryl methyl sites for hydroxylation is 1. The van der Waals surface area contributed by atoms with Gasteiger partial charge in [0.2, 0.25) is 0 Å². The number of nitrogens with one attached hydrogen (secondary N) is 1. The molecule has 3 heterocycles. The first-order chi connectivity index (χ1) is 20.5. The van der Waals surface area contributed by atoms with Crippen LogP contribution in [0.1, 0.15) is 30.0 Å². The van der Waals surface area contributed by atoms with Crippen LogP contribution in [0.5, 0.6) is 0 Å². The number of hydrogen-bond acceptors (Lipinski definition) is 7. The number of esters is 2. The van der Waals surface area contributed by atoms with Crippen LogP contribution in [0.15, 0.2) is 115 Å². The van der Waals surface area contributed by atoms with Crippen LogP contribution in [0, 0.1) is 17.8 Å². The van der Waals surface area contributed by atoms with Crippen LogP contribution in [0.4, 0.5) is 0 Å². The number of allylic oxidation sites excluding steroid dienone is 1. The molecule has 0 bridgehead atoms. The van der Waals surface area contributed by atoms with E-state index in [1.807, 2.05) is 78.4 Å². The van der Waals surface area contributed by atoms with E-state index < -0.39 is 17.9 Å². The van der Waals surface area contributed by atoms with Crippen molar-refractivity contribution in [3.05, 3.63) is 131 Å². The summed E-state index contributed by atoms with van der Waals surface area (Å²) in [6.07, 6.45) is 9.74. The van der Waals surface area contributed by atoms with Crippen LogP contribution in [0.3, 0.4) is 0 Å². The normalized spacial score (nSPS) is 14.5. The summed E-state index contributed by atoms with van der Waals surface area (Å²) in [5.41, 5.74) is 5.51. The van der Waals surface area contributed by atoms with Crippen LogP contribution in [0.25, 0.3) is 11.4 Å². The molecule has 2 aromatic carbocycles. The summed E-state index contributed by atoms with van der Waals surface area (Å²) >= 11 is 0. The van der Waals surface area contributed by atoms with Gasteiger partial charge in [0, 0.05) is 47.7 Å². The molecule has 8 heteroatoms.